The number of alkyl halides is 3. The Morgan fingerprint density at radius 2 is 1.88 bits per heavy atom. The first-order valence-electron chi connectivity index (χ1n) is 13.1. The molecule has 43 heavy (non-hydrogen) atoms. The quantitative estimate of drug-likeness (QED) is 0.275. The van der Waals surface area contributed by atoms with Crippen molar-refractivity contribution in [2.75, 3.05) is 6.26 Å². The average Bonchev–Trinajstić information content (AvgIpc) is 3.54. The van der Waals surface area contributed by atoms with Crippen molar-refractivity contribution in [3.8, 4) is 22.6 Å². The third-order valence-corrected chi connectivity index (χ3v) is 9.77. The summed E-state index contributed by atoms with van der Waals surface area (Å²) in [5, 5.41) is 12.8. The Kier molecular flexibility index (Phi) is 6.52. The Morgan fingerprint density at radius 3 is 2.58 bits per heavy atom. The lowest BCUT2D eigenvalue weighted by molar-refractivity contribution is -0.169. The molecule has 4 aromatic rings. The molecule has 3 atom stereocenters. The molecule has 1 amide bonds. The van der Waals surface area contributed by atoms with Crippen molar-refractivity contribution in [2.45, 2.75) is 50.1 Å². The highest BCUT2D eigenvalue weighted by molar-refractivity contribution is 7.92. The van der Waals surface area contributed by atoms with Crippen LogP contribution in [0.25, 0.3) is 22.6 Å². The van der Waals surface area contributed by atoms with Crippen LogP contribution < -0.4 is 0 Å². The second-order valence-corrected chi connectivity index (χ2v) is 13.7. The van der Waals surface area contributed by atoms with E-state index in [0.717, 1.165) is 22.9 Å². The summed E-state index contributed by atoms with van der Waals surface area (Å²) in [6, 6.07) is 7.12. The normalized spacial score (nSPS) is 21.8. The van der Waals surface area contributed by atoms with Crippen molar-refractivity contribution >= 4 is 15.6 Å². The van der Waals surface area contributed by atoms with E-state index >= 15 is 0 Å². The van der Waals surface area contributed by atoms with E-state index in [1.54, 1.807) is 18.3 Å². The van der Waals surface area contributed by atoms with Crippen molar-refractivity contribution < 1.29 is 31.0 Å². The van der Waals surface area contributed by atoms with Gasteiger partial charge in [0, 0.05) is 18.6 Å². The van der Waals surface area contributed by atoms with Gasteiger partial charge in [-0.2, -0.15) is 27.7 Å². The zero-order valence-corrected chi connectivity index (χ0v) is 23.9. The number of hydrogen-bond donors (Lipinski definition) is 0. The molecule has 1 aromatic carbocycles. The van der Waals surface area contributed by atoms with Crippen LogP contribution in [-0.4, -0.2) is 52.5 Å². The number of hydrogen-bond acceptors (Lipinski definition) is 7. The molecule has 0 aliphatic heterocycles. The molecule has 15 heteroatoms. The lowest BCUT2D eigenvalue weighted by Crippen LogP contribution is -2.38. The number of halogens is 5. The highest BCUT2D eigenvalue weighted by Gasteiger charge is 2.65. The van der Waals surface area contributed by atoms with E-state index in [4.69, 9.17) is 4.98 Å². The largest absolute Gasteiger partial charge is 0.474 e. The van der Waals surface area contributed by atoms with E-state index < -0.39 is 50.2 Å². The van der Waals surface area contributed by atoms with Gasteiger partial charge in [-0.1, -0.05) is 19.9 Å². The minimum Gasteiger partial charge on any atom is -0.261 e. The molecular weight excluding hydrogens is 593 g/mol. The van der Waals surface area contributed by atoms with Crippen molar-refractivity contribution in [3.63, 3.8) is 0 Å². The van der Waals surface area contributed by atoms with Crippen LogP contribution in [-0.2, 0) is 25.8 Å². The second-order valence-electron chi connectivity index (χ2n) is 11.4. The molecule has 9 nitrogen and oxygen atoms in total. The molecule has 1 fully saturated rings. The molecule has 2 bridgehead atoms. The third-order valence-electron chi connectivity index (χ3n) is 8.48. The summed E-state index contributed by atoms with van der Waals surface area (Å²) in [5.74, 6) is -4.16. The van der Waals surface area contributed by atoms with Crippen LogP contribution in [0.4, 0.5) is 22.0 Å². The van der Waals surface area contributed by atoms with Gasteiger partial charge in [-0.3, -0.25) is 9.48 Å². The molecule has 6 rings (SSSR count). The van der Waals surface area contributed by atoms with Crippen molar-refractivity contribution in [2.24, 2.45) is 9.78 Å². The molecular formula is C28H24F5N7O2S. The standard InChI is InChI=1S/C28H24F5N7O2S/c1-26(2)17-7-9-27(26,23-16(17)11-20(37-38-23)22-18(29)5-4-6-19(22)30)21-8-10-34-24(36-21)15-12-35-40(13-15)14-43(3,42)39-25(41)28(31,32)33/h4-6,8,10-13,17H,7,9,14H2,1-3H3/t17-,27+,43?/m0/s1. The van der Waals surface area contributed by atoms with Gasteiger partial charge < -0.3 is 0 Å². The number of carbonyl (C=O) groups is 1. The van der Waals surface area contributed by atoms with E-state index in [9.17, 15) is 31.0 Å². The molecule has 0 spiro atoms. The Bertz CT molecular complexity index is 1900. The molecule has 224 valence electrons. The number of carbonyl (C=O) groups excluding carboxylic acids is 1. The number of benzene rings is 1. The SMILES string of the molecule is CC1(C)[C@H]2CC[C@@]1(c1ccnc(-c3cnn(CS(C)(=O)=NC(=O)C(F)(F)F)c3)n1)c1nnc(-c3c(F)cccc3F)cc12. The number of rotatable bonds is 5. The van der Waals surface area contributed by atoms with Gasteiger partial charge in [0.05, 0.1) is 49.5 Å². The van der Waals surface area contributed by atoms with Crippen LogP contribution in [0.5, 0.6) is 0 Å². The van der Waals surface area contributed by atoms with E-state index in [0.29, 0.717) is 23.4 Å². The molecule has 2 aliphatic carbocycles. The maximum atomic E-state index is 14.6. The summed E-state index contributed by atoms with van der Waals surface area (Å²) in [5.41, 5.74) is 1.38. The molecule has 2 aliphatic rings. The third kappa shape index (κ3) is 4.60. The minimum atomic E-state index is -5.23. The van der Waals surface area contributed by atoms with Crippen LogP contribution in [0.15, 0.2) is 53.3 Å². The molecule has 0 saturated heterocycles. The monoisotopic (exact) mass is 617 g/mol. The van der Waals surface area contributed by atoms with E-state index in [-0.39, 0.29) is 23.0 Å². The van der Waals surface area contributed by atoms with Crippen molar-refractivity contribution in [3.05, 3.63) is 77.5 Å². The Labute approximate surface area is 242 Å². The Morgan fingerprint density at radius 1 is 1.16 bits per heavy atom. The van der Waals surface area contributed by atoms with Crippen LogP contribution in [0.2, 0.25) is 0 Å². The highest BCUT2D eigenvalue weighted by atomic mass is 32.2. The summed E-state index contributed by atoms with van der Waals surface area (Å²) < 4.78 is 83.5. The number of aromatic nitrogens is 6. The number of fused-ring (bicyclic) bond motifs is 5. The summed E-state index contributed by atoms with van der Waals surface area (Å²) in [6.45, 7) is 4.19. The fourth-order valence-corrected chi connectivity index (χ4v) is 7.69. The van der Waals surface area contributed by atoms with Crippen molar-refractivity contribution in [1.29, 1.82) is 0 Å². The highest BCUT2D eigenvalue weighted by Crippen LogP contribution is 2.69. The lowest BCUT2D eigenvalue weighted by atomic mass is 9.66. The summed E-state index contributed by atoms with van der Waals surface area (Å²) in [4.78, 5) is 20.4. The summed E-state index contributed by atoms with van der Waals surface area (Å²) in [6.07, 6.45) is 1.55. The van der Waals surface area contributed by atoms with E-state index in [1.807, 2.05) is 0 Å². The fraction of sp³-hybridized carbons (Fsp3) is 0.357. The lowest BCUT2D eigenvalue weighted by Gasteiger charge is -2.37. The predicted octanol–water partition coefficient (Wildman–Crippen LogP) is 5.42. The predicted molar refractivity (Wildman–Crippen MR) is 145 cm³/mol. The van der Waals surface area contributed by atoms with Gasteiger partial charge in [0.2, 0.25) is 0 Å². The van der Waals surface area contributed by atoms with Crippen LogP contribution >= 0.6 is 0 Å². The van der Waals surface area contributed by atoms with Gasteiger partial charge in [0.15, 0.2) is 5.82 Å². The Hall–Kier alpha value is -4.14. The first kappa shape index (κ1) is 29.0. The van der Waals surface area contributed by atoms with Crippen LogP contribution in [0, 0.1) is 17.0 Å². The van der Waals surface area contributed by atoms with Gasteiger partial charge in [-0.15, -0.1) is 5.10 Å². The zero-order valence-electron chi connectivity index (χ0n) is 23.1. The van der Waals surface area contributed by atoms with Gasteiger partial charge >= 0.3 is 12.1 Å². The van der Waals surface area contributed by atoms with E-state index in [1.165, 1.54) is 30.6 Å². The first-order valence-corrected chi connectivity index (χ1v) is 15.2. The first-order chi connectivity index (χ1) is 20.1. The second kappa shape index (κ2) is 9.69. The van der Waals surface area contributed by atoms with E-state index in [2.05, 4.69) is 38.5 Å². The molecule has 3 heterocycles. The average molecular weight is 618 g/mol. The smallest absolute Gasteiger partial charge is 0.261 e. The van der Waals surface area contributed by atoms with Crippen LogP contribution in [0.3, 0.4) is 0 Å². The van der Waals surface area contributed by atoms with Gasteiger partial charge in [0.1, 0.15) is 17.5 Å². The van der Waals surface area contributed by atoms with Gasteiger partial charge in [-0.25, -0.2) is 23.0 Å². The molecule has 0 N–H and O–H groups in total. The van der Waals surface area contributed by atoms with Crippen molar-refractivity contribution in [1.82, 2.24) is 29.9 Å². The topological polar surface area (TPSA) is 116 Å². The fourth-order valence-electron chi connectivity index (χ4n) is 6.54. The maximum absolute atomic E-state index is 14.6. The molecule has 1 unspecified atom stereocenters. The summed E-state index contributed by atoms with van der Waals surface area (Å²) in [7, 11) is -3.59. The summed E-state index contributed by atoms with van der Waals surface area (Å²) >= 11 is 0. The molecule has 3 aromatic heterocycles. The van der Waals surface area contributed by atoms with Gasteiger partial charge in [-0.05, 0) is 54.0 Å². The van der Waals surface area contributed by atoms with Crippen LogP contribution in [0.1, 0.15) is 49.6 Å². The minimum absolute atomic E-state index is 0.0219. The molecule has 1 saturated carbocycles. The Balaban J connectivity index is 1.36. The number of nitrogens with zero attached hydrogens (tertiary/aromatic N) is 7. The molecule has 0 radical (unpaired) electrons. The zero-order chi connectivity index (χ0) is 30.9. The maximum Gasteiger partial charge on any atom is 0.474 e. The van der Waals surface area contributed by atoms with Gasteiger partial charge in [0.25, 0.3) is 0 Å². The number of amides is 1.